The fourth-order valence-electron chi connectivity index (χ4n) is 3.61. The maximum atomic E-state index is 13.0. The maximum absolute atomic E-state index is 13.0. The lowest BCUT2D eigenvalue weighted by Crippen LogP contribution is -2.49. The van der Waals surface area contributed by atoms with Gasteiger partial charge in [0, 0.05) is 50.4 Å². The molecule has 7 heteroatoms. The maximum Gasteiger partial charge on any atom is 0.287 e. The van der Waals surface area contributed by atoms with E-state index in [-0.39, 0.29) is 36.4 Å². The van der Waals surface area contributed by atoms with Crippen LogP contribution in [0.5, 0.6) is 0 Å². The standard InChI is InChI=1S/C24H24FN3O3/c25-19-8-6-18(7-9-19)21-10-11-22(31-21)24(30)26-13-12-23(29)28-16-14-27(15-17-28)20-4-2-1-3-5-20/h1-11H,12-17H2,(H,26,30). The number of nitrogens with zero attached hydrogens (tertiary/aromatic N) is 2. The highest BCUT2D eigenvalue weighted by molar-refractivity contribution is 5.92. The van der Waals surface area contributed by atoms with Crippen molar-refractivity contribution in [2.75, 3.05) is 37.6 Å². The number of carbonyl (C=O) groups excluding carboxylic acids is 2. The molecule has 1 N–H and O–H groups in total. The Kier molecular flexibility index (Phi) is 6.31. The molecule has 0 spiro atoms. The topological polar surface area (TPSA) is 65.8 Å². The quantitative estimate of drug-likeness (QED) is 0.661. The van der Waals surface area contributed by atoms with Crippen LogP contribution in [0.3, 0.4) is 0 Å². The summed E-state index contributed by atoms with van der Waals surface area (Å²) in [5, 5.41) is 2.73. The lowest BCUT2D eigenvalue weighted by molar-refractivity contribution is -0.131. The molecule has 1 aromatic heterocycles. The van der Waals surface area contributed by atoms with Gasteiger partial charge in [0.15, 0.2) is 5.76 Å². The van der Waals surface area contributed by atoms with E-state index in [2.05, 4.69) is 22.3 Å². The Bertz CT molecular complexity index is 1030. The van der Waals surface area contributed by atoms with Crippen LogP contribution in [0.4, 0.5) is 10.1 Å². The largest absolute Gasteiger partial charge is 0.451 e. The monoisotopic (exact) mass is 421 g/mol. The normalized spacial score (nSPS) is 13.8. The van der Waals surface area contributed by atoms with Crippen molar-refractivity contribution in [2.45, 2.75) is 6.42 Å². The highest BCUT2D eigenvalue weighted by Gasteiger charge is 2.21. The highest BCUT2D eigenvalue weighted by atomic mass is 19.1. The lowest BCUT2D eigenvalue weighted by atomic mass is 10.2. The zero-order valence-corrected chi connectivity index (χ0v) is 17.1. The van der Waals surface area contributed by atoms with Gasteiger partial charge in [-0.3, -0.25) is 9.59 Å². The van der Waals surface area contributed by atoms with Crippen LogP contribution in [-0.4, -0.2) is 49.4 Å². The third kappa shape index (κ3) is 5.12. The molecule has 0 aliphatic carbocycles. The fraction of sp³-hybridized carbons (Fsp3) is 0.250. The van der Waals surface area contributed by atoms with E-state index >= 15 is 0 Å². The fourth-order valence-corrected chi connectivity index (χ4v) is 3.61. The summed E-state index contributed by atoms with van der Waals surface area (Å²) in [6, 6.07) is 19.2. The average Bonchev–Trinajstić information content (AvgIpc) is 3.30. The van der Waals surface area contributed by atoms with Gasteiger partial charge in [0.25, 0.3) is 5.91 Å². The molecule has 3 aromatic rings. The van der Waals surface area contributed by atoms with Crippen molar-refractivity contribution in [1.29, 1.82) is 0 Å². The van der Waals surface area contributed by atoms with E-state index in [1.807, 2.05) is 23.1 Å². The zero-order valence-electron chi connectivity index (χ0n) is 17.1. The molecule has 1 saturated heterocycles. The summed E-state index contributed by atoms with van der Waals surface area (Å²) in [6.45, 7) is 3.16. The molecule has 0 unspecified atom stereocenters. The number of carbonyl (C=O) groups is 2. The zero-order chi connectivity index (χ0) is 21.6. The number of halogens is 1. The molecule has 1 aliphatic rings. The summed E-state index contributed by atoms with van der Waals surface area (Å²) in [6.07, 6.45) is 0.239. The Labute approximate surface area is 180 Å². The number of hydrogen-bond donors (Lipinski definition) is 1. The van der Waals surface area contributed by atoms with Crippen LogP contribution in [-0.2, 0) is 4.79 Å². The minimum atomic E-state index is -0.380. The SMILES string of the molecule is O=C(NCCC(=O)N1CCN(c2ccccc2)CC1)c1ccc(-c2ccc(F)cc2)o1. The van der Waals surface area contributed by atoms with Crippen LogP contribution >= 0.6 is 0 Å². The number of benzene rings is 2. The van der Waals surface area contributed by atoms with Crippen molar-refractivity contribution in [1.82, 2.24) is 10.2 Å². The van der Waals surface area contributed by atoms with Crippen LogP contribution in [0, 0.1) is 5.82 Å². The van der Waals surface area contributed by atoms with E-state index in [0.717, 1.165) is 13.1 Å². The Balaban J connectivity index is 1.22. The molecule has 0 saturated carbocycles. The van der Waals surface area contributed by atoms with Gasteiger partial charge in [0.05, 0.1) is 0 Å². The van der Waals surface area contributed by atoms with Crippen molar-refractivity contribution in [3.8, 4) is 11.3 Å². The molecule has 4 rings (SSSR count). The van der Waals surface area contributed by atoms with Crippen molar-refractivity contribution < 1.29 is 18.4 Å². The number of anilines is 1. The van der Waals surface area contributed by atoms with Gasteiger partial charge in [-0.25, -0.2) is 4.39 Å². The third-order valence-corrected chi connectivity index (χ3v) is 5.34. The molecule has 6 nitrogen and oxygen atoms in total. The second-order valence-electron chi connectivity index (χ2n) is 7.38. The number of nitrogens with one attached hydrogen (secondary N) is 1. The summed E-state index contributed by atoms with van der Waals surface area (Å²) >= 11 is 0. The first-order chi connectivity index (χ1) is 15.1. The molecule has 2 amide bonds. The van der Waals surface area contributed by atoms with E-state index in [0.29, 0.717) is 24.4 Å². The van der Waals surface area contributed by atoms with Gasteiger partial charge in [-0.05, 0) is 48.5 Å². The van der Waals surface area contributed by atoms with Gasteiger partial charge in [0.1, 0.15) is 11.6 Å². The summed E-state index contributed by atoms with van der Waals surface area (Å²) in [5.41, 5.74) is 1.85. The van der Waals surface area contributed by atoms with Gasteiger partial charge in [-0.1, -0.05) is 18.2 Å². The summed E-state index contributed by atoms with van der Waals surface area (Å²) in [7, 11) is 0. The van der Waals surface area contributed by atoms with Gasteiger partial charge in [-0.15, -0.1) is 0 Å². The summed E-state index contributed by atoms with van der Waals surface area (Å²) < 4.78 is 18.6. The molecular formula is C24H24FN3O3. The molecule has 0 bridgehead atoms. The Morgan fingerprint density at radius 2 is 1.61 bits per heavy atom. The molecule has 31 heavy (non-hydrogen) atoms. The van der Waals surface area contributed by atoms with E-state index in [4.69, 9.17) is 4.42 Å². The Morgan fingerprint density at radius 3 is 2.32 bits per heavy atom. The number of rotatable bonds is 6. The lowest BCUT2D eigenvalue weighted by Gasteiger charge is -2.36. The Hall–Kier alpha value is -3.61. The predicted molar refractivity (Wildman–Crippen MR) is 116 cm³/mol. The van der Waals surface area contributed by atoms with Crippen molar-refractivity contribution >= 4 is 17.5 Å². The number of hydrogen-bond acceptors (Lipinski definition) is 4. The number of furan rings is 1. The minimum Gasteiger partial charge on any atom is -0.451 e. The summed E-state index contributed by atoms with van der Waals surface area (Å²) in [4.78, 5) is 28.9. The first kappa shape index (κ1) is 20.7. The van der Waals surface area contributed by atoms with E-state index in [1.165, 1.54) is 17.8 Å². The van der Waals surface area contributed by atoms with Gasteiger partial charge < -0.3 is 19.5 Å². The van der Waals surface area contributed by atoms with Crippen molar-refractivity contribution in [2.24, 2.45) is 0 Å². The molecule has 2 heterocycles. The molecule has 2 aromatic carbocycles. The predicted octanol–water partition coefficient (Wildman–Crippen LogP) is 3.55. The average molecular weight is 421 g/mol. The minimum absolute atomic E-state index is 0.0273. The number of para-hydroxylation sites is 1. The molecule has 160 valence electrons. The summed E-state index contributed by atoms with van der Waals surface area (Å²) in [5.74, 6) is -0.0466. The van der Waals surface area contributed by atoms with Crippen LogP contribution in [0.25, 0.3) is 11.3 Å². The van der Waals surface area contributed by atoms with E-state index in [9.17, 15) is 14.0 Å². The van der Waals surface area contributed by atoms with Gasteiger partial charge in [0.2, 0.25) is 5.91 Å². The van der Waals surface area contributed by atoms with Crippen LogP contribution < -0.4 is 10.2 Å². The third-order valence-electron chi connectivity index (χ3n) is 5.34. The van der Waals surface area contributed by atoms with E-state index in [1.54, 1.807) is 24.3 Å². The Morgan fingerprint density at radius 1 is 0.903 bits per heavy atom. The molecule has 1 fully saturated rings. The van der Waals surface area contributed by atoms with Crippen LogP contribution in [0.15, 0.2) is 71.1 Å². The van der Waals surface area contributed by atoms with Gasteiger partial charge in [-0.2, -0.15) is 0 Å². The van der Waals surface area contributed by atoms with Crippen LogP contribution in [0.2, 0.25) is 0 Å². The van der Waals surface area contributed by atoms with Gasteiger partial charge >= 0.3 is 0 Å². The van der Waals surface area contributed by atoms with Crippen LogP contribution in [0.1, 0.15) is 17.0 Å². The number of amides is 2. The number of piperazine rings is 1. The van der Waals surface area contributed by atoms with Crippen molar-refractivity contribution in [3.05, 3.63) is 78.3 Å². The molecular weight excluding hydrogens is 397 g/mol. The van der Waals surface area contributed by atoms with Crippen molar-refractivity contribution in [3.63, 3.8) is 0 Å². The first-order valence-corrected chi connectivity index (χ1v) is 10.3. The van der Waals surface area contributed by atoms with E-state index < -0.39 is 0 Å². The molecule has 0 radical (unpaired) electrons. The molecule has 0 atom stereocenters. The second kappa shape index (κ2) is 9.47. The highest BCUT2D eigenvalue weighted by Crippen LogP contribution is 2.22. The second-order valence-corrected chi connectivity index (χ2v) is 7.38. The molecule has 1 aliphatic heterocycles. The first-order valence-electron chi connectivity index (χ1n) is 10.3. The smallest absolute Gasteiger partial charge is 0.287 e.